The summed E-state index contributed by atoms with van der Waals surface area (Å²) >= 11 is 0. The van der Waals surface area contributed by atoms with Gasteiger partial charge in [-0.25, -0.2) is 0 Å². The quantitative estimate of drug-likeness (QED) is 0.878. The first-order valence-electron chi connectivity index (χ1n) is 7.20. The lowest BCUT2D eigenvalue weighted by Crippen LogP contribution is -2.28. The number of nitrogens with one attached hydrogen (secondary N) is 1. The van der Waals surface area contributed by atoms with E-state index in [1.54, 1.807) is 0 Å². The Morgan fingerprint density at radius 3 is 2.21 bits per heavy atom. The van der Waals surface area contributed by atoms with E-state index in [-0.39, 0.29) is 23.3 Å². The number of benzene rings is 1. The lowest BCUT2D eigenvalue weighted by atomic mass is 9.86. The monoisotopic (exact) mass is 259 g/mol. The molecule has 1 amide bonds. The zero-order valence-corrected chi connectivity index (χ0v) is 12.7. The number of hydrogen-bond acceptors (Lipinski definition) is 1. The molecule has 0 aliphatic heterocycles. The Labute approximate surface area is 116 Å². The second kappa shape index (κ2) is 4.99. The molecule has 1 N–H and O–H groups in total. The molecule has 2 nitrogen and oxygen atoms in total. The van der Waals surface area contributed by atoms with Gasteiger partial charge in [0, 0.05) is 5.92 Å². The average molecular weight is 259 g/mol. The van der Waals surface area contributed by atoms with E-state index in [1.165, 1.54) is 11.1 Å². The second-order valence-electron chi connectivity index (χ2n) is 6.92. The molecule has 0 spiro atoms. The van der Waals surface area contributed by atoms with Crippen molar-refractivity contribution >= 4 is 5.91 Å². The van der Waals surface area contributed by atoms with E-state index in [2.05, 4.69) is 64.2 Å². The highest BCUT2D eigenvalue weighted by molar-refractivity contribution is 5.81. The molecule has 1 aliphatic carbocycles. The molecule has 3 atom stereocenters. The van der Waals surface area contributed by atoms with E-state index >= 15 is 0 Å². The van der Waals surface area contributed by atoms with Crippen LogP contribution in [-0.2, 0) is 10.2 Å². The minimum absolute atomic E-state index is 0.0920. The minimum Gasteiger partial charge on any atom is -0.349 e. The van der Waals surface area contributed by atoms with Crippen molar-refractivity contribution in [1.29, 1.82) is 0 Å². The number of carbonyl (C=O) groups excluding carboxylic acids is 1. The first-order chi connectivity index (χ1) is 8.79. The zero-order chi connectivity index (χ0) is 14.2. The van der Waals surface area contributed by atoms with Crippen LogP contribution in [0.15, 0.2) is 24.3 Å². The van der Waals surface area contributed by atoms with E-state index in [1.807, 2.05) is 0 Å². The summed E-state index contributed by atoms with van der Waals surface area (Å²) in [4.78, 5) is 11.9. The van der Waals surface area contributed by atoms with Crippen molar-refractivity contribution < 1.29 is 4.79 Å². The summed E-state index contributed by atoms with van der Waals surface area (Å²) < 4.78 is 0. The number of rotatable bonds is 3. The van der Waals surface area contributed by atoms with Gasteiger partial charge in [0.25, 0.3) is 0 Å². The minimum atomic E-state index is 0.0920. The van der Waals surface area contributed by atoms with Gasteiger partial charge in [-0.2, -0.15) is 0 Å². The predicted molar refractivity (Wildman–Crippen MR) is 79.0 cm³/mol. The lowest BCUT2D eigenvalue weighted by Gasteiger charge is -2.20. The van der Waals surface area contributed by atoms with Gasteiger partial charge >= 0.3 is 0 Å². The number of amides is 1. The van der Waals surface area contributed by atoms with Crippen molar-refractivity contribution in [3.05, 3.63) is 35.4 Å². The van der Waals surface area contributed by atoms with Crippen LogP contribution in [0, 0.1) is 11.8 Å². The molecular formula is C17H25NO. The Hall–Kier alpha value is -1.31. The molecule has 3 unspecified atom stereocenters. The number of hydrogen-bond donors (Lipinski definition) is 1. The smallest absolute Gasteiger partial charge is 0.223 e. The van der Waals surface area contributed by atoms with Gasteiger partial charge in [0.1, 0.15) is 0 Å². The molecule has 2 heteroatoms. The van der Waals surface area contributed by atoms with Crippen LogP contribution in [0.3, 0.4) is 0 Å². The summed E-state index contributed by atoms with van der Waals surface area (Å²) in [5.74, 6) is 1.02. The molecule has 1 aromatic rings. The number of carbonyl (C=O) groups is 1. The van der Waals surface area contributed by atoms with E-state index in [0.29, 0.717) is 5.92 Å². The molecule has 1 saturated carbocycles. The maximum absolute atomic E-state index is 11.9. The molecule has 2 rings (SSSR count). The molecule has 1 aliphatic rings. The summed E-state index contributed by atoms with van der Waals surface area (Å²) in [5.41, 5.74) is 2.68. The molecule has 0 heterocycles. The molecule has 0 radical (unpaired) electrons. The van der Waals surface area contributed by atoms with Gasteiger partial charge in [-0.15, -0.1) is 0 Å². The molecule has 0 aromatic heterocycles. The van der Waals surface area contributed by atoms with Gasteiger partial charge in [-0.1, -0.05) is 52.0 Å². The molecule has 104 valence electrons. The van der Waals surface area contributed by atoms with Crippen LogP contribution in [0.2, 0.25) is 0 Å². The van der Waals surface area contributed by atoms with E-state index in [4.69, 9.17) is 0 Å². The van der Waals surface area contributed by atoms with Crippen LogP contribution in [0.25, 0.3) is 0 Å². The average Bonchev–Trinajstić information content (AvgIpc) is 3.05. The third-order valence-electron chi connectivity index (χ3n) is 4.08. The maximum atomic E-state index is 11.9. The summed E-state index contributed by atoms with van der Waals surface area (Å²) in [6.45, 7) is 10.8. The molecule has 19 heavy (non-hydrogen) atoms. The normalized spacial score (nSPS) is 23.8. The van der Waals surface area contributed by atoms with Crippen LogP contribution >= 0.6 is 0 Å². The SMILES string of the molecule is CC(NC(=O)C1CC1C)c1ccc(C(C)(C)C)cc1. The summed E-state index contributed by atoms with van der Waals surface area (Å²) in [6.07, 6.45) is 1.04. The van der Waals surface area contributed by atoms with Crippen LogP contribution < -0.4 is 5.32 Å². The summed E-state index contributed by atoms with van der Waals surface area (Å²) in [7, 11) is 0. The fourth-order valence-corrected chi connectivity index (χ4v) is 2.36. The Morgan fingerprint density at radius 1 is 1.26 bits per heavy atom. The van der Waals surface area contributed by atoms with Gasteiger partial charge < -0.3 is 5.32 Å². The van der Waals surface area contributed by atoms with Gasteiger partial charge in [0.05, 0.1) is 6.04 Å². The predicted octanol–water partition coefficient (Wildman–Crippen LogP) is 3.82. The third-order valence-corrected chi connectivity index (χ3v) is 4.08. The fraction of sp³-hybridized carbons (Fsp3) is 0.588. The van der Waals surface area contributed by atoms with Crippen molar-refractivity contribution in [3.8, 4) is 0 Å². The zero-order valence-electron chi connectivity index (χ0n) is 12.7. The van der Waals surface area contributed by atoms with E-state index in [0.717, 1.165) is 6.42 Å². The van der Waals surface area contributed by atoms with Crippen LogP contribution in [0.4, 0.5) is 0 Å². The molecular weight excluding hydrogens is 234 g/mol. The first kappa shape index (κ1) is 14.1. The third kappa shape index (κ3) is 3.37. The second-order valence-corrected chi connectivity index (χ2v) is 6.92. The summed E-state index contributed by atoms with van der Waals surface area (Å²) in [5, 5.41) is 3.11. The van der Waals surface area contributed by atoms with Crippen molar-refractivity contribution in [2.24, 2.45) is 11.8 Å². The molecule has 0 saturated heterocycles. The van der Waals surface area contributed by atoms with Gasteiger partial charge in [-0.05, 0) is 35.8 Å². The molecule has 1 aromatic carbocycles. The first-order valence-corrected chi connectivity index (χ1v) is 7.20. The fourth-order valence-electron chi connectivity index (χ4n) is 2.36. The van der Waals surface area contributed by atoms with E-state index < -0.39 is 0 Å². The van der Waals surface area contributed by atoms with E-state index in [9.17, 15) is 4.79 Å². The topological polar surface area (TPSA) is 29.1 Å². The molecule has 1 fully saturated rings. The van der Waals surface area contributed by atoms with Crippen molar-refractivity contribution in [1.82, 2.24) is 5.32 Å². The Kier molecular flexibility index (Phi) is 3.71. The maximum Gasteiger partial charge on any atom is 0.223 e. The van der Waals surface area contributed by atoms with Gasteiger partial charge in [0.2, 0.25) is 5.91 Å². The van der Waals surface area contributed by atoms with Gasteiger partial charge in [-0.3, -0.25) is 4.79 Å². The van der Waals surface area contributed by atoms with Crippen LogP contribution in [-0.4, -0.2) is 5.91 Å². The Balaban J connectivity index is 1.99. The van der Waals surface area contributed by atoms with Crippen LogP contribution in [0.5, 0.6) is 0 Å². The van der Waals surface area contributed by atoms with Crippen LogP contribution in [0.1, 0.15) is 58.2 Å². The Bertz CT molecular complexity index is 455. The van der Waals surface area contributed by atoms with Crippen molar-refractivity contribution in [2.45, 2.75) is 52.5 Å². The lowest BCUT2D eigenvalue weighted by molar-refractivity contribution is -0.123. The molecule has 0 bridgehead atoms. The highest BCUT2D eigenvalue weighted by Gasteiger charge is 2.39. The largest absolute Gasteiger partial charge is 0.349 e. The highest BCUT2D eigenvalue weighted by atomic mass is 16.2. The summed E-state index contributed by atoms with van der Waals surface area (Å²) in [6, 6.07) is 8.67. The highest BCUT2D eigenvalue weighted by Crippen LogP contribution is 2.38. The standard InChI is InChI=1S/C17H25NO/c1-11-10-15(11)16(19)18-12(2)13-6-8-14(9-7-13)17(3,4)5/h6-9,11-12,15H,10H2,1-5H3,(H,18,19). The van der Waals surface area contributed by atoms with Gasteiger partial charge in [0.15, 0.2) is 0 Å². The van der Waals surface area contributed by atoms with Crippen molar-refractivity contribution in [3.63, 3.8) is 0 Å². The van der Waals surface area contributed by atoms with Crippen molar-refractivity contribution in [2.75, 3.05) is 0 Å². The Morgan fingerprint density at radius 2 is 1.79 bits per heavy atom.